The second-order valence-corrected chi connectivity index (χ2v) is 5.81. The van der Waals surface area contributed by atoms with E-state index >= 15 is 0 Å². The Labute approximate surface area is 124 Å². The number of fused-ring (bicyclic) bond motifs is 1. The van der Waals surface area contributed by atoms with Crippen LogP contribution in [0.15, 0.2) is 65.4 Å². The van der Waals surface area contributed by atoms with Gasteiger partial charge in [0, 0.05) is 34.8 Å². The van der Waals surface area contributed by atoms with Crippen molar-refractivity contribution in [2.24, 2.45) is 0 Å². The van der Waals surface area contributed by atoms with Gasteiger partial charge in [0.25, 0.3) is 0 Å². The lowest BCUT2D eigenvalue weighted by molar-refractivity contribution is 0.843. The molecule has 3 heterocycles. The highest BCUT2D eigenvalue weighted by Gasteiger charge is 2.13. The lowest BCUT2D eigenvalue weighted by Crippen LogP contribution is -2.15. The van der Waals surface area contributed by atoms with Crippen LogP contribution in [-0.2, 0) is 0 Å². The number of benzene rings is 1. The van der Waals surface area contributed by atoms with E-state index in [4.69, 9.17) is 0 Å². The predicted octanol–water partition coefficient (Wildman–Crippen LogP) is 4.13. The summed E-state index contributed by atoms with van der Waals surface area (Å²) in [6.07, 6.45) is 13.7. The standard InChI is InChI=1S/C10H9N.C7H9NS/c1-2-7-10-9(5-1)6-3-4-8-11-10;1-2-7-6(8-4-1)3-5-9-7/h1-8,11H;1-2,8H,3-5H2. The van der Waals surface area contributed by atoms with E-state index < -0.39 is 0 Å². The Morgan fingerprint density at radius 2 is 2.00 bits per heavy atom. The summed E-state index contributed by atoms with van der Waals surface area (Å²) in [6, 6.07) is 8.22. The van der Waals surface area contributed by atoms with Crippen molar-refractivity contribution in [2.45, 2.75) is 6.42 Å². The molecule has 2 N–H and O–H groups in total. The lowest BCUT2D eigenvalue weighted by atomic mass is 10.2. The van der Waals surface area contributed by atoms with Crippen molar-refractivity contribution in [3.63, 3.8) is 0 Å². The van der Waals surface area contributed by atoms with Gasteiger partial charge in [0.15, 0.2) is 0 Å². The highest BCUT2D eigenvalue weighted by molar-refractivity contribution is 8.03. The van der Waals surface area contributed by atoms with Gasteiger partial charge in [-0.05, 0) is 30.2 Å². The molecule has 0 amide bonds. The minimum absolute atomic E-state index is 1.03. The summed E-state index contributed by atoms with van der Waals surface area (Å²) in [5.41, 5.74) is 3.86. The zero-order valence-corrected chi connectivity index (χ0v) is 12.1. The highest BCUT2D eigenvalue weighted by atomic mass is 32.2. The molecule has 1 aromatic rings. The van der Waals surface area contributed by atoms with Gasteiger partial charge in [-0.3, -0.25) is 0 Å². The fourth-order valence-corrected chi connectivity index (χ4v) is 3.34. The predicted molar refractivity (Wildman–Crippen MR) is 89.5 cm³/mol. The Morgan fingerprint density at radius 1 is 1.05 bits per heavy atom. The third-order valence-electron chi connectivity index (χ3n) is 3.29. The molecule has 3 aliphatic rings. The average molecular weight is 282 g/mol. The summed E-state index contributed by atoms with van der Waals surface area (Å²) in [6.45, 7) is 1.03. The summed E-state index contributed by atoms with van der Waals surface area (Å²) in [7, 11) is 0. The fourth-order valence-electron chi connectivity index (χ4n) is 2.27. The van der Waals surface area contributed by atoms with Crippen molar-refractivity contribution < 1.29 is 0 Å². The van der Waals surface area contributed by atoms with E-state index in [1.807, 2.05) is 42.2 Å². The van der Waals surface area contributed by atoms with E-state index in [0.717, 1.165) is 12.2 Å². The number of allylic oxidation sites excluding steroid dienone is 4. The maximum Gasteiger partial charge on any atom is 0.0453 e. The van der Waals surface area contributed by atoms with Gasteiger partial charge >= 0.3 is 0 Å². The summed E-state index contributed by atoms with van der Waals surface area (Å²) < 4.78 is 0. The molecule has 0 unspecified atom stereocenters. The average Bonchev–Trinajstić information content (AvgIpc) is 2.85. The Balaban J connectivity index is 0.000000123. The van der Waals surface area contributed by atoms with Crippen LogP contribution in [0.4, 0.5) is 5.69 Å². The normalized spacial score (nSPS) is 18.2. The molecule has 0 atom stereocenters. The van der Waals surface area contributed by atoms with Crippen LogP contribution >= 0.6 is 11.8 Å². The van der Waals surface area contributed by atoms with Gasteiger partial charge in [0.05, 0.1) is 0 Å². The number of nitrogens with one attached hydrogen (secondary N) is 2. The first-order valence-corrected chi connectivity index (χ1v) is 7.87. The molecule has 0 spiro atoms. The van der Waals surface area contributed by atoms with Gasteiger partial charge in [0.1, 0.15) is 0 Å². The molecular formula is C17H18N2S. The molecule has 0 saturated heterocycles. The minimum Gasteiger partial charge on any atom is -0.384 e. The number of hydrogen-bond acceptors (Lipinski definition) is 3. The second kappa shape index (κ2) is 6.53. The molecule has 3 heteroatoms. The van der Waals surface area contributed by atoms with E-state index in [0.29, 0.717) is 0 Å². The zero-order valence-electron chi connectivity index (χ0n) is 11.3. The Kier molecular flexibility index (Phi) is 4.28. The number of rotatable bonds is 0. The summed E-state index contributed by atoms with van der Waals surface area (Å²) in [5.74, 6) is 1.27. The van der Waals surface area contributed by atoms with Crippen LogP contribution in [0.25, 0.3) is 6.08 Å². The molecule has 0 fully saturated rings. The monoisotopic (exact) mass is 282 g/mol. The number of anilines is 1. The molecule has 0 radical (unpaired) electrons. The highest BCUT2D eigenvalue weighted by Crippen LogP contribution is 2.31. The van der Waals surface area contributed by atoms with Gasteiger partial charge < -0.3 is 10.6 Å². The number of dihydropyridines is 1. The second-order valence-electron chi connectivity index (χ2n) is 4.67. The molecule has 1 aromatic carbocycles. The molecular weight excluding hydrogens is 264 g/mol. The summed E-state index contributed by atoms with van der Waals surface area (Å²) in [4.78, 5) is 1.46. The molecule has 0 aromatic heterocycles. The third-order valence-corrected chi connectivity index (χ3v) is 4.39. The van der Waals surface area contributed by atoms with Crippen LogP contribution in [0.5, 0.6) is 0 Å². The molecule has 0 saturated carbocycles. The molecule has 3 aliphatic heterocycles. The van der Waals surface area contributed by atoms with Gasteiger partial charge in [-0.15, -0.1) is 11.8 Å². The van der Waals surface area contributed by atoms with Crippen molar-refractivity contribution in [3.05, 3.63) is 70.9 Å². The van der Waals surface area contributed by atoms with Gasteiger partial charge in [-0.1, -0.05) is 36.4 Å². The van der Waals surface area contributed by atoms with E-state index in [2.05, 4.69) is 41.0 Å². The first-order chi connectivity index (χ1) is 9.93. The van der Waals surface area contributed by atoms with Gasteiger partial charge in [-0.25, -0.2) is 0 Å². The van der Waals surface area contributed by atoms with Crippen molar-refractivity contribution in [2.75, 3.05) is 17.6 Å². The van der Waals surface area contributed by atoms with Crippen molar-refractivity contribution >= 4 is 23.5 Å². The Hall–Kier alpha value is -1.87. The van der Waals surface area contributed by atoms with E-state index in [9.17, 15) is 0 Å². The summed E-state index contributed by atoms with van der Waals surface area (Å²) >= 11 is 1.96. The fraction of sp³-hybridized carbons (Fsp3) is 0.176. The number of hydrogen-bond donors (Lipinski definition) is 2. The smallest absolute Gasteiger partial charge is 0.0453 e. The molecule has 4 rings (SSSR count). The molecule has 0 bridgehead atoms. The van der Waals surface area contributed by atoms with Gasteiger partial charge in [-0.2, -0.15) is 0 Å². The van der Waals surface area contributed by atoms with E-state index in [1.165, 1.54) is 28.3 Å². The van der Waals surface area contributed by atoms with Gasteiger partial charge in [0.2, 0.25) is 0 Å². The lowest BCUT2D eigenvalue weighted by Gasteiger charge is -2.08. The largest absolute Gasteiger partial charge is 0.384 e. The van der Waals surface area contributed by atoms with Crippen LogP contribution in [0.3, 0.4) is 0 Å². The first-order valence-electron chi connectivity index (χ1n) is 6.88. The number of para-hydroxylation sites is 1. The van der Waals surface area contributed by atoms with Crippen LogP contribution in [0.2, 0.25) is 0 Å². The Bertz CT molecular complexity index is 597. The third kappa shape index (κ3) is 3.17. The number of thioether (sulfide) groups is 1. The van der Waals surface area contributed by atoms with E-state index in [-0.39, 0.29) is 0 Å². The van der Waals surface area contributed by atoms with Crippen molar-refractivity contribution in [3.8, 4) is 0 Å². The quantitative estimate of drug-likeness (QED) is 0.748. The molecule has 0 aliphatic carbocycles. The maximum atomic E-state index is 3.35. The summed E-state index contributed by atoms with van der Waals surface area (Å²) in [5, 5.41) is 6.54. The van der Waals surface area contributed by atoms with Crippen LogP contribution < -0.4 is 10.6 Å². The van der Waals surface area contributed by atoms with Crippen LogP contribution in [-0.4, -0.2) is 12.3 Å². The molecule has 2 nitrogen and oxygen atoms in total. The zero-order chi connectivity index (χ0) is 13.6. The van der Waals surface area contributed by atoms with E-state index in [1.54, 1.807) is 0 Å². The van der Waals surface area contributed by atoms with Crippen LogP contribution in [0.1, 0.15) is 12.0 Å². The minimum atomic E-state index is 1.03. The first kappa shape index (κ1) is 13.1. The molecule has 20 heavy (non-hydrogen) atoms. The molecule has 102 valence electrons. The topological polar surface area (TPSA) is 24.1 Å². The van der Waals surface area contributed by atoms with Crippen molar-refractivity contribution in [1.82, 2.24) is 5.32 Å². The van der Waals surface area contributed by atoms with Crippen molar-refractivity contribution in [1.29, 1.82) is 0 Å². The SMILES string of the molecule is C1=CC2=C(CCS2)NC1.C1=CNc2ccccc2C=C1. The Morgan fingerprint density at radius 3 is 2.95 bits per heavy atom. The van der Waals surface area contributed by atoms with Crippen LogP contribution in [0, 0.1) is 0 Å². The maximum absolute atomic E-state index is 3.35.